The molecular formula is C30H27N3O3. The number of aromatic nitrogens is 1. The average molecular weight is 478 g/mol. The van der Waals surface area contributed by atoms with Crippen LogP contribution in [0.25, 0.3) is 22.5 Å². The van der Waals surface area contributed by atoms with Crippen molar-refractivity contribution >= 4 is 28.6 Å². The SMILES string of the molecule is CCOc1cc2c(cc1OCC)/C(=C(/Nc1ccc(-c3ccccn3)cc1)c1ccccc1)C(=O)N2. The number of hydrogen-bond donors (Lipinski definition) is 2. The maximum Gasteiger partial charge on any atom is 0.258 e. The number of ether oxygens (including phenoxy) is 2. The van der Waals surface area contributed by atoms with Gasteiger partial charge in [0.15, 0.2) is 11.5 Å². The highest BCUT2D eigenvalue weighted by atomic mass is 16.5. The number of fused-ring (bicyclic) bond motifs is 1. The smallest absolute Gasteiger partial charge is 0.258 e. The minimum absolute atomic E-state index is 0.183. The summed E-state index contributed by atoms with van der Waals surface area (Å²) in [4.78, 5) is 17.7. The van der Waals surface area contributed by atoms with E-state index in [0.717, 1.165) is 28.1 Å². The average Bonchev–Trinajstić information content (AvgIpc) is 3.23. The first kappa shape index (κ1) is 23.2. The van der Waals surface area contributed by atoms with Crippen molar-refractivity contribution in [1.82, 2.24) is 4.98 Å². The molecule has 2 N–H and O–H groups in total. The van der Waals surface area contributed by atoms with E-state index >= 15 is 0 Å². The van der Waals surface area contributed by atoms with Gasteiger partial charge in [0, 0.05) is 29.1 Å². The highest BCUT2D eigenvalue weighted by molar-refractivity contribution is 6.37. The van der Waals surface area contributed by atoms with Gasteiger partial charge >= 0.3 is 0 Å². The first-order valence-corrected chi connectivity index (χ1v) is 12.0. The largest absolute Gasteiger partial charge is 0.490 e. The van der Waals surface area contributed by atoms with Gasteiger partial charge in [0.25, 0.3) is 5.91 Å². The van der Waals surface area contributed by atoms with Gasteiger partial charge in [-0.1, -0.05) is 48.5 Å². The summed E-state index contributed by atoms with van der Waals surface area (Å²) in [5, 5.41) is 6.51. The number of carbonyl (C=O) groups is 1. The molecule has 4 aromatic rings. The Morgan fingerprint density at radius 1 is 0.861 bits per heavy atom. The molecule has 0 unspecified atom stereocenters. The predicted molar refractivity (Wildman–Crippen MR) is 144 cm³/mol. The van der Waals surface area contributed by atoms with Crippen molar-refractivity contribution in [3.63, 3.8) is 0 Å². The number of carbonyl (C=O) groups excluding carboxylic acids is 1. The lowest BCUT2D eigenvalue weighted by atomic mass is 9.99. The quantitative estimate of drug-likeness (QED) is 0.284. The summed E-state index contributed by atoms with van der Waals surface area (Å²) in [6.45, 7) is 4.84. The Hall–Kier alpha value is -4.58. The third kappa shape index (κ3) is 4.66. The molecule has 180 valence electrons. The second kappa shape index (κ2) is 10.4. The van der Waals surface area contributed by atoms with E-state index < -0.39 is 0 Å². The van der Waals surface area contributed by atoms with E-state index in [0.29, 0.717) is 41.7 Å². The van der Waals surface area contributed by atoms with Crippen molar-refractivity contribution in [2.75, 3.05) is 23.8 Å². The van der Waals surface area contributed by atoms with Crippen LogP contribution < -0.4 is 20.1 Å². The molecule has 1 aromatic heterocycles. The van der Waals surface area contributed by atoms with Crippen LogP contribution >= 0.6 is 0 Å². The maximum absolute atomic E-state index is 13.3. The van der Waals surface area contributed by atoms with Crippen LogP contribution in [0.4, 0.5) is 11.4 Å². The summed E-state index contributed by atoms with van der Waals surface area (Å²) in [6.07, 6.45) is 1.78. The monoisotopic (exact) mass is 477 g/mol. The number of nitrogens with one attached hydrogen (secondary N) is 2. The number of anilines is 2. The predicted octanol–water partition coefficient (Wildman–Crippen LogP) is 6.48. The standard InChI is InChI=1S/C30H27N3O3/c1-3-35-26-18-23-25(19-27(26)36-4-2)33-30(34)28(23)29(21-10-6-5-7-11-21)32-22-15-13-20(14-16-22)24-12-8-9-17-31-24/h5-19,32H,3-4H2,1-2H3,(H,33,34)/b29-28-. The topological polar surface area (TPSA) is 72.5 Å². The van der Waals surface area contributed by atoms with Gasteiger partial charge in [0.2, 0.25) is 0 Å². The van der Waals surface area contributed by atoms with Crippen molar-refractivity contribution in [2.24, 2.45) is 0 Å². The van der Waals surface area contributed by atoms with Crippen LogP contribution in [0.15, 0.2) is 91.1 Å². The summed E-state index contributed by atoms with van der Waals surface area (Å²) in [6, 6.07) is 27.4. The highest BCUT2D eigenvalue weighted by Crippen LogP contribution is 2.43. The second-order valence-corrected chi connectivity index (χ2v) is 8.20. The Labute approximate surface area is 210 Å². The second-order valence-electron chi connectivity index (χ2n) is 8.20. The molecule has 0 bridgehead atoms. The molecule has 0 saturated heterocycles. The fourth-order valence-electron chi connectivity index (χ4n) is 4.25. The van der Waals surface area contributed by atoms with Crippen LogP contribution in [0.2, 0.25) is 0 Å². The lowest BCUT2D eigenvalue weighted by Gasteiger charge is -2.16. The molecule has 36 heavy (non-hydrogen) atoms. The van der Waals surface area contributed by atoms with E-state index in [4.69, 9.17) is 9.47 Å². The van der Waals surface area contributed by atoms with Crippen LogP contribution in [0, 0.1) is 0 Å². The van der Waals surface area contributed by atoms with Gasteiger partial charge in [0.05, 0.1) is 35.9 Å². The molecule has 6 heteroatoms. The highest BCUT2D eigenvalue weighted by Gasteiger charge is 2.30. The van der Waals surface area contributed by atoms with E-state index in [1.807, 2.05) is 98.8 Å². The molecule has 0 radical (unpaired) electrons. The van der Waals surface area contributed by atoms with Gasteiger partial charge in [-0.05, 0) is 49.7 Å². The first-order chi connectivity index (χ1) is 17.7. The molecule has 5 rings (SSSR count). The molecule has 0 saturated carbocycles. The Kier molecular flexibility index (Phi) is 6.67. The normalized spacial score (nSPS) is 13.6. The van der Waals surface area contributed by atoms with E-state index in [-0.39, 0.29) is 5.91 Å². The molecule has 1 aliphatic rings. The van der Waals surface area contributed by atoms with E-state index in [1.165, 1.54) is 0 Å². The van der Waals surface area contributed by atoms with Crippen molar-refractivity contribution in [1.29, 1.82) is 0 Å². The Morgan fingerprint density at radius 3 is 2.22 bits per heavy atom. The molecule has 0 fully saturated rings. The van der Waals surface area contributed by atoms with Crippen LogP contribution in [0.1, 0.15) is 25.0 Å². The van der Waals surface area contributed by atoms with Crippen LogP contribution in [-0.4, -0.2) is 24.1 Å². The lowest BCUT2D eigenvalue weighted by Crippen LogP contribution is -2.10. The summed E-state index contributed by atoms with van der Waals surface area (Å²) in [7, 11) is 0. The minimum atomic E-state index is -0.183. The van der Waals surface area contributed by atoms with Crippen molar-refractivity contribution < 1.29 is 14.3 Å². The summed E-state index contributed by atoms with van der Waals surface area (Å²) >= 11 is 0. The number of amides is 1. The Morgan fingerprint density at radius 2 is 1.56 bits per heavy atom. The van der Waals surface area contributed by atoms with Gasteiger partial charge in [-0.25, -0.2) is 0 Å². The Balaban J connectivity index is 1.60. The molecule has 3 aromatic carbocycles. The summed E-state index contributed by atoms with van der Waals surface area (Å²) < 4.78 is 11.6. The van der Waals surface area contributed by atoms with Gasteiger partial charge in [-0.3, -0.25) is 9.78 Å². The van der Waals surface area contributed by atoms with Crippen molar-refractivity contribution in [3.8, 4) is 22.8 Å². The zero-order valence-corrected chi connectivity index (χ0v) is 20.2. The third-order valence-corrected chi connectivity index (χ3v) is 5.86. The Bertz CT molecular complexity index is 1400. The number of rotatable bonds is 8. The first-order valence-electron chi connectivity index (χ1n) is 12.0. The number of nitrogens with zero attached hydrogens (tertiary/aromatic N) is 1. The van der Waals surface area contributed by atoms with Gasteiger partial charge < -0.3 is 20.1 Å². The van der Waals surface area contributed by atoms with Crippen molar-refractivity contribution in [2.45, 2.75) is 13.8 Å². The maximum atomic E-state index is 13.3. The zero-order chi connectivity index (χ0) is 24.9. The summed E-state index contributed by atoms with van der Waals surface area (Å²) in [5.41, 5.74) is 6.41. The van der Waals surface area contributed by atoms with Crippen molar-refractivity contribution in [3.05, 3.63) is 102 Å². The van der Waals surface area contributed by atoms with Gasteiger partial charge in [0.1, 0.15) is 0 Å². The lowest BCUT2D eigenvalue weighted by molar-refractivity contribution is -0.110. The van der Waals surface area contributed by atoms with Gasteiger partial charge in [-0.2, -0.15) is 0 Å². The fraction of sp³-hybridized carbons (Fsp3) is 0.133. The van der Waals surface area contributed by atoms with E-state index in [2.05, 4.69) is 15.6 Å². The van der Waals surface area contributed by atoms with Gasteiger partial charge in [-0.15, -0.1) is 0 Å². The molecule has 0 aliphatic carbocycles. The molecule has 6 nitrogen and oxygen atoms in total. The number of benzene rings is 3. The molecule has 1 amide bonds. The van der Waals surface area contributed by atoms with E-state index in [1.54, 1.807) is 6.20 Å². The van der Waals surface area contributed by atoms with Crippen LogP contribution in [0.5, 0.6) is 11.5 Å². The molecule has 0 spiro atoms. The number of hydrogen-bond acceptors (Lipinski definition) is 5. The fourth-order valence-corrected chi connectivity index (χ4v) is 4.25. The summed E-state index contributed by atoms with van der Waals surface area (Å²) in [5.74, 6) is 1.04. The van der Waals surface area contributed by atoms with Crippen LogP contribution in [-0.2, 0) is 4.79 Å². The third-order valence-electron chi connectivity index (χ3n) is 5.86. The molecule has 0 atom stereocenters. The van der Waals surface area contributed by atoms with E-state index in [9.17, 15) is 4.79 Å². The zero-order valence-electron chi connectivity index (χ0n) is 20.2. The molecule has 2 heterocycles. The van der Waals surface area contributed by atoms with Crippen LogP contribution in [0.3, 0.4) is 0 Å². The number of pyridine rings is 1. The molecular weight excluding hydrogens is 450 g/mol. The minimum Gasteiger partial charge on any atom is -0.490 e. The molecule has 1 aliphatic heterocycles.